The molecule has 5 heteroatoms. The second-order valence-corrected chi connectivity index (χ2v) is 6.14. The Morgan fingerprint density at radius 1 is 0.958 bits per heavy atom. The number of nitrogens with zero attached hydrogens (tertiary/aromatic N) is 2. The van der Waals surface area contributed by atoms with E-state index in [-0.39, 0.29) is 11.7 Å². The molecule has 0 atom stereocenters. The van der Waals surface area contributed by atoms with Crippen LogP contribution in [-0.4, -0.2) is 38.5 Å². The van der Waals surface area contributed by atoms with Gasteiger partial charge >= 0.3 is 0 Å². The third-order valence-electron chi connectivity index (χ3n) is 3.72. The lowest BCUT2D eigenvalue weighted by molar-refractivity contribution is -0.122. The summed E-state index contributed by atoms with van der Waals surface area (Å²) in [5.74, 6) is -0.282. The van der Waals surface area contributed by atoms with Crippen LogP contribution < -0.4 is 10.2 Å². The van der Waals surface area contributed by atoms with Gasteiger partial charge in [-0.25, -0.2) is 4.39 Å². The van der Waals surface area contributed by atoms with E-state index in [0.29, 0.717) is 19.6 Å². The van der Waals surface area contributed by atoms with Crippen molar-refractivity contribution in [3.8, 4) is 0 Å². The normalized spacial score (nSPS) is 10.7. The summed E-state index contributed by atoms with van der Waals surface area (Å²) in [5.41, 5.74) is 3.17. The van der Waals surface area contributed by atoms with Crippen LogP contribution in [0.1, 0.15) is 11.1 Å². The van der Waals surface area contributed by atoms with E-state index in [0.717, 1.165) is 16.8 Å². The first-order chi connectivity index (χ1) is 11.4. The Kier molecular flexibility index (Phi) is 6.32. The first-order valence-corrected chi connectivity index (χ1v) is 7.90. The minimum Gasteiger partial charge on any atom is -0.378 e. The molecule has 24 heavy (non-hydrogen) atoms. The number of likely N-dealkylation sites (N-methyl/N-ethyl adjacent to an activating group) is 1. The Labute approximate surface area is 142 Å². The zero-order valence-corrected chi connectivity index (χ0v) is 14.4. The maximum Gasteiger partial charge on any atom is 0.234 e. The molecule has 0 aliphatic rings. The predicted molar refractivity (Wildman–Crippen MR) is 95.3 cm³/mol. The van der Waals surface area contributed by atoms with Gasteiger partial charge in [0, 0.05) is 32.9 Å². The van der Waals surface area contributed by atoms with Gasteiger partial charge in [-0.15, -0.1) is 0 Å². The smallest absolute Gasteiger partial charge is 0.234 e. The van der Waals surface area contributed by atoms with Crippen LogP contribution in [0.15, 0.2) is 48.5 Å². The molecule has 0 aliphatic heterocycles. The van der Waals surface area contributed by atoms with Gasteiger partial charge in [0.2, 0.25) is 5.91 Å². The molecule has 2 aromatic rings. The standard InChI is InChI=1S/C19H24FN3O/c1-22(2)18-10-6-15(7-11-18)12-21-19(24)14-23(3)13-16-4-8-17(20)9-5-16/h4-11H,12-14H2,1-3H3,(H,21,24). The summed E-state index contributed by atoms with van der Waals surface area (Å²) in [6.45, 7) is 1.41. The van der Waals surface area contributed by atoms with Crippen LogP contribution in [0, 0.1) is 5.82 Å². The molecule has 0 saturated carbocycles. The molecule has 1 N–H and O–H groups in total. The molecule has 0 radical (unpaired) electrons. The third kappa shape index (κ3) is 5.66. The fourth-order valence-corrected chi connectivity index (χ4v) is 2.37. The van der Waals surface area contributed by atoms with E-state index in [2.05, 4.69) is 5.32 Å². The summed E-state index contributed by atoms with van der Waals surface area (Å²) in [7, 11) is 5.86. The van der Waals surface area contributed by atoms with Gasteiger partial charge in [-0.1, -0.05) is 24.3 Å². The molecule has 0 fully saturated rings. The summed E-state index contributed by atoms with van der Waals surface area (Å²) in [6, 6.07) is 14.4. The summed E-state index contributed by atoms with van der Waals surface area (Å²) in [5, 5.41) is 2.92. The monoisotopic (exact) mass is 329 g/mol. The van der Waals surface area contributed by atoms with Crippen molar-refractivity contribution in [1.29, 1.82) is 0 Å². The van der Waals surface area contributed by atoms with Crippen molar-refractivity contribution in [3.05, 3.63) is 65.5 Å². The highest BCUT2D eigenvalue weighted by atomic mass is 19.1. The lowest BCUT2D eigenvalue weighted by Crippen LogP contribution is -2.34. The number of hydrogen-bond donors (Lipinski definition) is 1. The zero-order chi connectivity index (χ0) is 17.5. The number of halogens is 1. The summed E-state index contributed by atoms with van der Waals surface area (Å²) >= 11 is 0. The van der Waals surface area contributed by atoms with E-state index in [1.807, 2.05) is 55.2 Å². The van der Waals surface area contributed by atoms with Gasteiger partial charge in [-0.2, -0.15) is 0 Å². The predicted octanol–water partition coefficient (Wildman–Crippen LogP) is 2.64. The molecule has 0 unspecified atom stereocenters. The van der Waals surface area contributed by atoms with Gasteiger partial charge in [0.25, 0.3) is 0 Å². The Balaban J connectivity index is 1.76. The highest BCUT2D eigenvalue weighted by Gasteiger charge is 2.07. The van der Waals surface area contributed by atoms with E-state index >= 15 is 0 Å². The largest absolute Gasteiger partial charge is 0.378 e. The van der Waals surface area contributed by atoms with E-state index < -0.39 is 0 Å². The van der Waals surface area contributed by atoms with Crippen LogP contribution in [0.25, 0.3) is 0 Å². The molecular formula is C19H24FN3O. The summed E-state index contributed by atoms with van der Waals surface area (Å²) < 4.78 is 12.9. The van der Waals surface area contributed by atoms with Crippen LogP contribution in [0.5, 0.6) is 0 Å². The Morgan fingerprint density at radius 3 is 2.12 bits per heavy atom. The van der Waals surface area contributed by atoms with Gasteiger partial charge in [0.05, 0.1) is 6.54 Å². The average Bonchev–Trinajstić information content (AvgIpc) is 2.55. The van der Waals surface area contributed by atoms with Crippen LogP contribution in [0.2, 0.25) is 0 Å². The van der Waals surface area contributed by atoms with Gasteiger partial charge in [-0.05, 0) is 42.4 Å². The van der Waals surface area contributed by atoms with Gasteiger partial charge in [-0.3, -0.25) is 9.69 Å². The number of amides is 1. The second-order valence-electron chi connectivity index (χ2n) is 6.14. The Morgan fingerprint density at radius 2 is 1.54 bits per heavy atom. The number of benzene rings is 2. The second kappa shape index (κ2) is 8.45. The van der Waals surface area contributed by atoms with Crippen molar-refractivity contribution in [3.63, 3.8) is 0 Å². The van der Waals surface area contributed by atoms with Gasteiger partial charge in [0.15, 0.2) is 0 Å². The van der Waals surface area contributed by atoms with Crippen molar-refractivity contribution < 1.29 is 9.18 Å². The van der Waals surface area contributed by atoms with E-state index in [1.165, 1.54) is 12.1 Å². The molecule has 0 heterocycles. The molecule has 0 bridgehead atoms. The number of anilines is 1. The van der Waals surface area contributed by atoms with Gasteiger partial charge < -0.3 is 10.2 Å². The molecule has 1 amide bonds. The first-order valence-electron chi connectivity index (χ1n) is 7.90. The van der Waals surface area contributed by atoms with Crippen molar-refractivity contribution in [1.82, 2.24) is 10.2 Å². The molecule has 2 rings (SSSR count). The van der Waals surface area contributed by atoms with Gasteiger partial charge in [0.1, 0.15) is 5.82 Å². The average molecular weight is 329 g/mol. The van der Waals surface area contributed by atoms with Crippen LogP contribution >= 0.6 is 0 Å². The molecule has 0 spiro atoms. The number of nitrogens with one attached hydrogen (secondary N) is 1. The topological polar surface area (TPSA) is 35.6 Å². The highest BCUT2D eigenvalue weighted by molar-refractivity contribution is 5.78. The van der Waals surface area contributed by atoms with Crippen molar-refractivity contribution >= 4 is 11.6 Å². The van der Waals surface area contributed by atoms with Crippen molar-refractivity contribution in [2.45, 2.75) is 13.1 Å². The molecule has 0 aliphatic carbocycles. The van der Waals surface area contributed by atoms with E-state index in [4.69, 9.17) is 0 Å². The minimum atomic E-state index is -0.251. The lowest BCUT2D eigenvalue weighted by atomic mass is 10.2. The summed E-state index contributed by atoms with van der Waals surface area (Å²) in [6.07, 6.45) is 0. The first kappa shape index (κ1) is 17.9. The third-order valence-corrected chi connectivity index (χ3v) is 3.72. The van der Waals surface area contributed by atoms with Crippen molar-refractivity contribution in [2.75, 3.05) is 32.6 Å². The number of carbonyl (C=O) groups excluding carboxylic acids is 1. The zero-order valence-electron chi connectivity index (χ0n) is 14.4. The number of carbonyl (C=O) groups is 1. The highest BCUT2D eigenvalue weighted by Crippen LogP contribution is 2.12. The molecule has 2 aromatic carbocycles. The molecular weight excluding hydrogens is 305 g/mol. The van der Waals surface area contributed by atoms with Crippen LogP contribution in [0.4, 0.5) is 10.1 Å². The number of rotatable bonds is 7. The van der Waals surface area contributed by atoms with Crippen molar-refractivity contribution in [2.24, 2.45) is 0 Å². The fourth-order valence-electron chi connectivity index (χ4n) is 2.37. The minimum absolute atomic E-state index is 0.0312. The molecule has 0 saturated heterocycles. The van der Waals surface area contributed by atoms with Crippen LogP contribution in [-0.2, 0) is 17.9 Å². The van der Waals surface area contributed by atoms with Crippen LogP contribution in [0.3, 0.4) is 0 Å². The van der Waals surface area contributed by atoms with E-state index in [9.17, 15) is 9.18 Å². The maximum absolute atomic E-state index is 12.9. The quantitative estimate of drug-likeness (QED) is 0.848. The lowest BCUT2D eigenvalue weighted by Gasteiger charge is -2.17. The molecule has 4 nitrogen and oxygen atoms in total. The molecule has 0 aromatic heterocycles. The molecule has 128 valence electrons. The van der Waals surface area contributed by atoms with E-state index in [1.54, 1.807) is 12.1 Å². The Hall–Kier alpha value is -2.40. The fraction of sp³-hybridized carbons (Fsp3) is 0.316. The Bertz CT molecular complexity index is 653. The number of hydrogen-bond acceptors (Lipinski definition) is 3. The SMILES string of the molecule is CN(CC(=O)NCc1ccc(N(C)C)cc1)Cc1ccc(F)cc1. The maximum atomic E-state index is 12.9. The summed E-state index contributed by atoms with van der Waals surface area (Å²) in [4.78, 5) is 16.0.